The minimum atomic E-state index is -0.407. The van der Waals surface area contributed by atoms with Gasteiger partial charge in [-0.2, -0.15) is 0 Å². The van der Waals surface area contributed by atoms with Crippen molar-refractivity contribution in [3.05, 3.63) is 51.4 Å². The highest BCUT2D eigenvalue weighted by atomic mass is 16.3. The molecule has 8 nitrogen and oxygen atoms in total. The molecule has 27 heavy (non-hydrogen) atoms. The van der Waals surface area contributed by atoms with Crippen LogP contribution in [0.5, 0.6) is 0 Å². The van der Waals surface area contributed by atoms with Gasteiger partial charge in [0, 0.05) is 19.3 Å². The number of aromatic nitrogens is 3. The highest BCUT2D eigenvalue weighted by Crippen LogP contribution is 2.12. The van der Waals surface area contributed by atoms with Crippen LogP contribution in [0.2, 0.25) is 0 Å². The fraction of sp³-hybridized carbons (Fsp3) is 0.368. The van der Waals surface area contributed by atoms with Crippen LogP contribution in [0.4, 0.5) is 0 Å². The molecule has 0 aliphatic carbocycles. The molecule has 3 heterocycles. The molecule has 0 aromatic carbocycles. The molecule has 0 saturated carbocycles. The van der Waals surface area contributed by atoms with Crippen molar-refractivity contribution in [3.63, 3.8) is 0 Å². The lowest BCUT2D eigenvalue weighted by Crippen LogP contribution is -2.35. The molecule has 0 fully saturated rings. The number of nitrogens with zero attached hydrogens (tertiary/aromatic N) is 3. The van der Waals surface area contributed by atoms with Gasteiger partial charge in [0.1, 0.15) is 16.8 Å². The predicted molar refractivity (Wildman–Crippen MR) is 102 cm³/mol. The number of nitrogens with one attached hydrogen (secondary N) is 2. The van der Waals surface area contributed by atoms with E-state index in [-0.39, 0.29) is 35.1 Å². The summed E-state index contributed by atoms with van der Waals surface area (Å²) in [5, 5.41) is 20.9. The third-order valence-corrected chi connectivity index (χ3v) is 4.52. The number of amides is 1. The van der Waals surface area contributed by atoms with Crippen LogP contribution in [0.3, 0.4) is 0 Å². The molecule has 142 valence electrons. The van der Waals surface area contributed by atoms with Gasteiger partial charge in [-0.1, -0.05) is 19.4 Å². The Hall–Kier alpha value is -3.00. The smallest absolute Gasteiger partial charge is 0.267 e. The Bertz CT molecular complexity index is 1130. The number of unbranched alkanes of at least 4 members (excludes halogenated alkanes) is 1. The van der Waals surface area contributed by atoms with Gasteiger partial charge in [0.2, 0.25) is 0 Å². The van der Waals surface area contributed by atoms with Gasteiger partial charge in [-0.25, -0.2) is 4.98 Å². The van der Waals surface area contributed by atoms with Crippen molar-refractivity contribution in [1.29, 1.82) is 5.41 Å². The normalized spacial score (nSPS) is 11.2. The first kappa shape index (κ1) is 18.8. The van der Waals surface area contributed by atoms with E-state index in [1.54, 1.807) is 12.3 Å². The lowest BCUT2D eigenvalue weighted by atomic mass is 10.2. The summed E-state index contributed by atoms with van der Waals surface area (Å²) in [4.78, 5) is 30.1. The monoisotopic (exact) mass is 369 g/mol. The number of carbonyl (C=O) groups is 1. The second kappa shape index (κ2) is 7.71. The van der Waals surface area contributed by atoms with Gasteiger partial charge in [-0.15, -0.1) is 0 Å². The number of fused-ring (bicyclic) bond motifs is 2. The van der Waals surface area contributed by atoms with Crippen molar-refractivity contribution in [2.24, 2.45) is 0 Å². The number of aliphatic hydroxyl groups excluding tert-OH is 1. The van der Waals surface area contributed by atoms with E-state index < -0.39 is 5.91 Å². The van der Waals surface area contributed by atoms with E-state index >= 15 is 0 Å². The molecule has 0 saturated heterocycles. The number of pyridine rings is 2. The van der Waals surface area contributed by atoms with E-state index in [0.717, 1.165) is 18.4 Å². The van der Waals surface area contributed by atoms with Crippen LogP contribution >= 0.6 is 0 Å². The molecule has 3 aromatic heterocycles. The van der Waals surface area contributed by atoms with Crippen LogP contribution < -0.4 is 16.4 Å². The lowest BCUT2D eigenvalue weighted by molar-refractivity contribution is 0.0950. The molecular weight excluding hydrogens is 346 g/mol. The Kier molecular flexibility index (Phi) is 5.36. The zero-order valence-electron chi connectivity index (χ0n) is 15.5. The summed E-state index contributed by atoms with van der Waals surface area (Å²) in [7, 11) is 0. The molecule has 0 radical (unpaired) electrons. The maximum absolute atomic E-state index is 13.0. The molecular formula is C19H23N5O3. The van der Waals surface area contributed by atoms with E-state index in [9.17, 15) is 14.7 Å². The summed E-state index contributed by atoms with van der Waals surface area (Å²) in [6, 6.07) is 5.04. The molecule has 8 heteroatoms. The molecule has 3 N–H and O–H groups in total. The summed E-state index contributed by atoms with van der Waals surface area (Å²) in [6.45, 7) is 4.20. The number of rotatable bonds is 6. The van der Waals surface area contributed by atoms with Gasteiger partial charge in [-0.3, -0.25) is 19.4 Å². The summed E-state index contributed by atoms with van der Waals surface area (Å²) in [5.74, 6) is -0.407. The van der Waals surface area contributed by atoms with Crippen LogP contribution in [0, 0.1) is 12.3 Å². The Balaban J connectivity index is 2.31. The first-order chi connectivity index (χ1) is 13.0. The predicted octanol–water partition coefficient (Wildman–Crippen LogP) is 0.959. The lowest BCUT2D eigenvalue weighted by Gasteiger charge is -2.14. The summed E-state index contributed by atoms with van der Waals surface area (Å²) in [5.41, 5.74) is 1.31. The Labute approximate surface area is 155 Å². The number of carbonyl (C=O) groups excluding carboxylic acids is 1. The number of hydrogen-bond donors (Lipinski definition) is 3. The van der Waals surface area contributed by atoms with Crippen molar-refractivity contribution in [2.75, 3.05) is 13.2 Å². The molecule has 3 rings (SSSR count). The van der Waals surface area contributed by atoms with Crippen LogP contribution in [0.25, 0.3) is 16.7 Å². The summed E-state index contributed by atoms with van der Waals surface area (Å²) < 4.78 is 2.85. The third kappa shape index (κ3) is 3.35. The van der Waals surface area contributed by atoms with Crippen molar-refractivity contribution in [3.8, 4) is 0 Å². The number of aryl methyl sites for hydroxylation is 1. The van der Waals surface area contributed by atoms with Gasteiger partial charge in [0.15, 0.2) is 0 Å². The highest BCUT2D eigenvalue weighted by Gasteiger charge is 2.17. The largest absolute Gasteiger partial charge is 0.395 e. The van der Waals surface area contributed by atoms with E-state index in [1.165, 1.54) is 15.0 Å². The third-order valence-electron chi connectivity index (χ3n) is 4.52. The number of hydrogen-bond acceptors (Lipinski definition) is 5. The Morgan fingerprint density at radius 2 is 2.15 bits per heavy atom. The molecule has 0 aliphatic rings. The van der Waals surface area contributed by atoms with E-state index in [2.05, 4.69) is 10.3 Å². The highest BCUT2D eigenvalue weighted by molar-refractivity contribution is 5.96. The quantitative estimate of drug-likeness (QED) is 0.444. The summed E-state index contributed by atoms with van der Waals surface area (Å²) >= 11 is 0. The first-order valence-electron chi connectivity index (χ1n) is 8.98. The standard InChI is InChI=1S/C19H23N5O3/c1-3-4-7-21-18(26)13-11-14-17(23(9-10-25)15(13)20)22-16-12(2)6-5-8-24(16)19(14)27/h5-6,8,11,20,25H,3-4,7,9-10H2,1-2H3,(H,21,26). The van der Waals surface area contributed by atoms with Crippen molar-refractivity contribution in [2.45, 2.75) is 33.2 Å². The molecule has 0 unspecified atom stereocenters. The first-order valence-corrected chi connectivity index (χ1v) is 8.98. The second-order valence-electron chi connectivity index (χ2n) is 6.43. The van der Waals surface area contributed by atoms with Crippen LogP contribution in [-0.2, 0) is 6.54 Å². The fourth-order valence-electron chi connectivity index (χ4n) is 3.06. The van der Waals surface area contributed by atoms with E-state index in [1.807, 2.05) is 19.9 Å². The van der Waals surface area contributed by atoms with Crippen molar-refractivity contribution >= 4 is 22.6 Å². The molecule has 0 bridgehead atoms. The average molecular weight is 369 g/mol. The molecule has 0 spiro atoms. The van der Waals surface area contributed by atoms with Gasteiger partial charge < -0.3 is 15.0 Å². The second-order valence-corrected chi connectivity index (χ2v) is 6.43. The van der Waals surface area contributed by atoms with E-state index in [0.29, 0.717) is 17.8 Å². The molecule has 0 atom stereocenters. The van der Waals surface area contributed by atoms with Crippen LogP contribution in [0.1, 0.15) is 35.7 Å². The van der Waals surface area contributed by atoms with Gasteiger partial charge >= 0.3 is 0 Å². The van der Waals surface area contributed by atoms with Gasteiger partial charge in [-0.05, 0) is 31.0 Å². The minimum Gasteiger partial charge on any atom is -0.395 e. The number of aliphatic hydroxyl groups is 1. The maximum Gasteiger partial charge on any atom is 0.267 e. The maximum atomic E-state index is 13.0. The van der Waals surface area contributed by atoms with Gasteiger partial charge in [0.05, 0.1) is 17.6 Å². The molecule has 1 amide bonds. The van der Waals surface area contributed by atoms with E-state index in [4.69, 9.17) is 5.41 Å². The van der Waals surface area contributed by atoms with Crippen LogP contribution in [-0.4, -0.2) is 38.1 Å². The van der Waals surface area contributed by atoms with Crippen molar-refractivity contribution < 1.29 is 9.90 Å². The van der Waals surface area contributed by atoms with Crippen LogP contribution in [0.15, 0.2) is 29.2 Å². The fourth-order valence-corrected chi connectivity index (χ4v) is 3.06. The zero-order valence-corrected chi connectivity index (χ0v) is 15.5. The Morgan fingerprint density at radius 1 is 1.37 bits per heavy atom. The Morgan fingerprint density at radius 3 is 2.85 bits per heavy atom. The summed E-state index contributed by atoms with van der Waals surface area (Å²) in [6.07, 6.45) is 3.40. The minimum absolute atomic E-state index is 0.0694. The van der Waals surface area contributed by atoms with Gasteiger partial charge in [0.25, 0.3) is 11.5 Å². The van der Waals surface area contributed by atoms with Crippen molar-refractivity contribution in [1.82, 2.24) is 19.3 Å². The zero-order chi connectivity index (χ0) is 19.6. The topological polar surface area (TPSA) is 112 Å². The molecule has 3 aromatic rings. The SMILES string of the molecule is CCCCNC(=O)c1cc2c(=O)n3cccc(C)c3nc2n(CCO)c1=N. The average Bonchev–Trinajstić information content (AvgIpc) is 2.65. The molecule has 0 aliphatic heterocycles.